The molecule has 60 valence electrons. The molecule has 1 aromatic carbocycles. The second kappa shape index (κ2) is 3.37. The van der Waals surface area contributed by atoms with E-state index in [0.717, 1.165) is 4.47 Å². The van der Waals surface area contributed by atoms with Crippen LogP contribution in [0.4, 0.5) is 0 Å². The van der Waals surface area contributed by atoms with Gasteiger partial charge in [-0.3, -0.25) is 0 Å². The van der Waals surface area contributed by atoms with Crippen molar-refractivity contribution in [3.8, 4) is 0 Å². The molecule has 0 radical (unpaired) electrons. The van der Waals surface area contributed by atoms with Crippen LogP contribution in [0.5, 0.6) is 0 Å². The van der Waals surface area contributed by atoms with E-state index in [0.29, 0.717) is 0 Å². The summed E-state index contributed by atoms with van der Waals surface area (Å²) in [4.78, 5) is 0. The Morgan fingerprint density at radius 1 is 1.45 bits per heavy atom. The highest BCUT2D eigenvalue weighted by molar-refractivity contribution is 9.10. The molecule has 0 saturated heterocycles. The van der Waals surface area contributed by atoms with Gasteiger partial charge in [-0.05, 0) is 37.1 Å². The van der Waals surface area contributed by atoms with E-state index in [1.807, 2.05) is 13.0 Å². The summed E-state index contributed by atoms with van der Waals surface area (Å²) in [7, 11) is 0. The Morgan fingerprint density at radius 3 is 2.55 bits per heavy atom. The Morgan fingerprint density at radius 2 is 2.09 bits per heavy atom. The number of hydrogen-bond acceptors (Lipinski definition) is 1. The van der Waals surface area contributed by atoms with Gasteiger partial charge in [0.2, 0.25) is 0 Å². The van der Waals surface area contributed by atoms with Gasteiger partial charge >= 0.3 is 0 Å². The minimum Gasteiger partial charge on any atom is -0.324 e. The van der Waals surface area contributed by atoms with Crippen molar-refractivity contribution in [1.29, 1.82) is 0 Å². The summed E-state index contributed by atoms with van der Waals surface area (Å²) in [5.41, 5.74) is 8.22. The fourth-order valence-corrected chi connectivity index (χ4v) is 1.48. The van der Waals surface area contributed by atoms with Crippen molar-refractivity contribution >= 4 is 15.9 Å². The second-order valence-electron chi connectivity index (χ2n) is 2.79. The van der Waals surface area contributed by atoms with Crippen molar-refractivity contribution < 1.29 is 0 Å². The average molecular weight is 214 g/mol. The fourth-order valence-electron chi connectivity index (χ4n) is 1.10. The maximum atomic E-state index is 5.76. The Bertz CT molecular complexity index is 256. The molecule has 1 nitrogen and oxygen atoms in total. The molecule has 0 saturated carbocycles. The van der Waals surface area contributed by atoms with E-state index in [1.54, 1.807) is 0 Å². The maximum Gasteiger partial charge on any atom is 0.0269 e. The SMILES string of the molecule is Cc1ccc(Br)cc1[C@H](C)N. The van der Waals surface area contributed by atoms with Gasteiger partial charge in [0.1, 0.15) is 0 Å². The Hall–Kier alpha value is -0.340. The summed E-state index contributed by atoms with van der Waals surface area (Å²) in [6.45, 7) is 4.07. The summed E-state index contributed by atoms with van der Waals surface area (Å²) in [6.07, 6.45) is 0. The highest BCUT2D eigenvalue weighted by atomic mass is 79.9. The highest BCUT2D eigenvalue weighted by Gasteiger charge is 2.02. The summed E-state index contributed by atoms with van der Waals surface area (Å²) in [5.74, 6) is 0. The largest absolute Gasteiger partial charge is 0.324 e. The zero-order valence-electron chi connectivity index (χ0n) is 6.76. The third kappa shape index (κ3) is 2.04. The zero-order chi connectivity index (χ0) is 8.43. The van der Waals surface area contributed by atoms with E-state index in [9.17, 15) is 0 Å². The molecule has 0 spiro atoms. The molecule has 0 amide bonds. The van der Waals surface area contributed by atoms with Crippen LogP contribution >= 0.6 is 15.9 Å². The summed E-state index contributed by atoms with van der Waals surface area (Å²) in [5, 5.41) is 0. The number of aryl methyl sites for hydroxylation is 1. The van der Waals surface area contributed by atoms with Gasteiger partial charge in [-0.15, -0.1) is 0 Å². The zero-order valence-corrected chi connectivity index (χ0v) is 8.35. The standard InChI is InChI=1S/C9H12BrN/c1-6-3-4-8(10)5-9(6)7(2)11/h3-5,7H,11H2,1-2H3/t7-/m0/s1. The second-order valence-corrected chi connectivity index (χ2v) is 3.71. The lowest BCUT2D eigenvalue weighted by Crippen LogP contribution is -2.06. The molecule has 0 bridgehead atoms. The highest BCUT2D eigenvalue weighted by Crippen LogP contribution is 2.20. The summed E-state index contributed by atoms with van der Waals surface area (Å²) >= 11 is 3.41. The van der Waals surface area contributed by atoms with Gasteiger partial charge in [-0.1, -0.05) is 22.0 Å². The predicted octanol–water partition coefficient (Wildman–Crippen LogP) is 2.78. The van der Waals surface area contributed by atoms with E-state index in [-0.39, 0.29) is 6.04 Å². The molecule has 0 unspecified atom stereocenters. The Labute approximate surface area is 75.7 Å². The van der Waals surface area contributed by atoms with Gasteiger partial charge < -0.3 is 5.73 Å². The van der Waals surface area contributed by atoms with Gasteiger partial charge in [-0.2, -0.15) is 0 Å². The van der Waals surface area contributed by atoms with E-state index < -0.39 is 0 Å². The number of hydrogen-bond donors (Lipinski definition) is 1. The summed E-state index contributed by atoms with van der Waals surface area (Å²) < 4.78 is 1.09. The number of nitrogens with two attached hydrogens (primary N) is 1. The molecule has 0 aliphatic carbocycles. The summed E-state index contributed by atoms with van der Waals surface area (Å²) in [6, 6.07) is 6.29. The van der Waals surface area contributed by atoms with Crippen LogP contribution in [0.2, 0.25) is 0 Å². The fraction of sp³-hybridized carbons (Fsp3) is 0.333. The van der Waals surface area contributed by atoms with Gasteiger partial charge in [0.15, 0.2) is 0 Å². The first-order chi connectivity index (χ1) is 5.11. The topological polar surface area (TPSA) is 26.0 Å². The normalized spacial score (nSPS) is 13.1. The minimum atomic E-state index is 0.118. The molecule has 1 aromatic rings. The quantitative estimate of drug-likeness (QED) is 0.764. The monoisotopic (exact) mass is 213 g/mol. The molecule has 0 aliphatic heterocycles. The van der Waals surface area contributed by atoms with Gasteiger partial charge in [-0.25, -0.2) is 0 Å². The molecule has 2 heteroatoms. The lowest BCUT2D eigenvalue weighted by molar-refractivity contribution is 0.809. The molecule has 0 aromatic heterocycles. The van der Waals surface area contributed by atoms with E-state index in [1.165, 1.54) is 11.1 Å². The van der Waals surface area contributed by atoms with Gasteiger partial charge in [0.25, 0.3) is 0 Å². The van der Waals surface area contributed by atoms with Crippen molar-refractivity contribution in [3.05, 3.63) is 33.8 Å². The Balaban J connectivity index is 3.13. The Kier molecular flexibility index (Phi) is 2.68. The van der Waals surface area contributed by atoms with Gasteiger partial charge in [0.05, 0.1) is 0 Å². The molecular weight excluding hydrogens is 202 g/mol. The van der Waals surface area contributed by atoms with Crippen LogP contribution in [0.3, 0.4) is 0 Å². The van der Waals surface area contributed by atoms with Crippen molar-refractivity contribution in [1.82, 2.24) is 0 Å². The smallest absolute Gasteiger partial charge is 0.0269 e. The number of halogens is 1. The predicted molar refractivity (Wildman–Crippen MR) is 51.5 cm³/mol. The molecule has 0 fully saturated rings. The van der Waals surface area contributed by atoms with Crippen LogP contribution in [0.25, 0.3) is 0 Å². The molecule has 1 rings (SSSR count). The van der Waals surface area contributed by atoms with Crippen LogP contribution in [0.1, 0.15) is 24.1 Å². The third-order valence-electron chi connectivity index (χ3n) is 1.73. The maximum absolute atomic E-state index is 5.76. The van der Waals surface area contributed by atoms with Crippen molar-refractivity contribution in [3.63, 3.8) is 0 Å². The van der Waals surface area contributed by atoms with E-state index >= 15 is 0 Å². The molecule has 1 atom stereocenters. The molecule has 11 heavy (non-hydrogen) atoms. The lowest BCUT2D eigenvalue weighted by atomic mass is 10.0. The molecular formula is C9H12BrN. The first-order valence-corrected chi connectivity index (χ1v) is 4.42. The minimum absolute atomic E-state index is 0.118. The van der Waals surface area contributed by atoms with Crippen LogP contribution in [0, 0.1) is 6.92 Å². The molecule has 0 aliphatic rings. The molecule has 0 heterocycles. The van der Waals surface area contributed by atoms with Crippen LogP contribution < -0.4 is 5.73 Å². The van der Waals surface area contributed by atoms with E-state index in [2.05, 4.69) is 35.0 Å². The van der Waals surface area contributed by atoms with Gasteiger partial charge in [0, 0.05) is 10.5 Å². The van der Waals surface area contributed by atoms with Crippen molar-refractivity contribution in [2.24, 2.45) is 5.73 Å². The number of rotatable bonds is 1. The number of benzene rings is 1. The first kappa shape index (κ1) is 8.75. The molecule has 2 N–H and O–H groups in total. The van der Waals surface area contributed by atoms with Crippen LogP contribution in [-0.4, -0.2) is 0 Å². The van der Waals surface area contributed by atoms with Crippen LogP contribution in [0.15, 0.2) is 22.7 Å². The van der Waals surface area contributed by atoms with Crippen LogP contribution in [-0.2, 0) is 0 Å². The van der Waals surface area contributed by atoms with E-state index in [4.69, 9.17) is 5.73 Å². The lowest BCUT2D eigenvalue weighted by Gasteiger charge is -2.09. The van der Waals surface area contributed by atoms with Crippen molar-refractivity contribution in [2.75, 3.05) is 0 Å². The average Bonchev–Trinajstić information content (AvgIpc) is 1.94. The van der Waals surface area contributed by atoms with Crippen molar-refractivity contribution in [2.45, 2.75) is 19.9 Å². The third-order valence-corrected chi connectivity index (χ3v) is 2.23. The first-order valence-electron chi connectivity index (χ1n) is 3.63.